The Balaban J connectivity index is 1.73. The minimum atomic E-state index is -0.202. The highest BCUT2D eigenvalue weighted by Gasteiger charge is 2.43. The highest BCUT2D eigenvalue weighted by Crippen LogP contribution is 2.49. The summed E-state index contributed by atoms with van der Waals surface area (Å²) in [6.45, 7) is 5.28. The summed E-state index contributed by atoms with van der Waals surface area (Å²) in [5.41, 5.74) is 4.43. The number of benzene rings is 2. The molecule has 2 aliphatic carbocycles. The molecule has 1 spiro atoms. The molecule has 1 saturated carbocycles. The molecule has 0 atom stereocenters. The molecule has 5 rings (SSSR count). The molecule has 7 heteroatoms. The summed E-state index contributed by atoms with van der Waals surface area (Å²) < 4.78 is 7.19. The van der Waals surface area contributed by atoms with Gasteiger partial charge < -0.3 is 9.64 Å². The van der Waals surface area contributed by atoms with Crippen LogP contribution in [0, 0.1) is 0 Å². The van der Waals surface area contributed by atoms with E-state index in [2.05, 4.69) is 18.2 Å². The monoisotopic (exact) mass is 517 g/mol. The van der Waals surface area contributed by atoms with E-state index in [1.807, 2.05) is 49.1 Å². The summed E-state index contributed by atoms with van der Waals surface area (Å²) >= 11 is 1.34. The van der Waals surface area contributed by atoms with E-state index < -0.39 is 0 Å². The lowest BCUT2D eigenvalue weighted by atomic mass is 9.62. The molecule has 2 aromatic carbocycles. The predicted octanol–water partition coefficient (Wildman–Crippen LogP) is 5.63. The second-order valence-electron chi connectivity index (χ2n) is 9.99. The number of aromatic nitrogens is 2. The van der Waals surface area contributed by atoms with Crippen LogP contribution in [-0.2, 0) is 16.6 Å². The number of hydrogen-bond donors (Lipinski definition) is 0. The number of carbonyl (C=O) groups excluding carboxylic acids is 1. The van der Waals surface area contributed by atoms with Gasteiger partial charge in [0.2, 0.25) is 5.91 Å². The number of hydrogen-bond acceptors (Lipinski definition) is 5. The predicted molar refractivity (Wildman–Crippen MR) is 149 cm³/mol. The second-order valence-corrected chi connectivity index (χ2v) is 10.9. The Hall–Kier alpha value is -3.06. The number of nitrogens with zero attached hydrogens (tertiary/aromatic N) is 3. The third kappa shape index (κ3) is 4.70. The van der Waals surface area contributed by atoms with Gasteiger partial charge in [0.1, 0.15) is 5.75 Å². The molecule has 2 aliphatic rings. The summed E-state index contributed by atoms with van der Waals surface area (Å²) in [5, 5.41) is 0.542. The summed E-state index contributed by atoms with van der Waals surface area (Å²) in [6, 6.07) is 15.9. The smallest absolute Gasteiger partial charge is 0.263 e. The van der Waals surface area contributed by atoms with E-state index in [0.29, 0.717) is 29.7 Å². The molecule has 6 nitrogen and oxygen atoms in total. The summed E-state index contributed by atoms with van der Waals surface area (Å²) in [4.78, 5) is 34.5. The van der Waals surface area contributed by atoms with Crippen molar-refractivity contribution in [2.45, 2.75) is 62.9 Å². The van der Waals surface area contributed by atoms with E-state index in [1.54, 1.807) is 11.7 Å². The zero-order chi connectivity index (χ0) is 26.0. The topological polar surface area (TPSA) is 64.4 Å². The van der Waals surface area contributed by atoms with Crippen molar-refractivity contribution in [2.75, 3.05) is 26.0 Å². The van der Waals surface area contributed by atoms with Crippen molar-refractivity contribution in [3.05, 3.63) is 70.0 Å². The first-order valence-corrected chi connectivity index (χ1v) is 14.3. The molecule has 3 aromatic rings. The molecule has 1 heterocycles. The standard InChI is InChI=1S/C30H35N3O3S/c1-4-32(5-2)25(34)20-37-29-31-27-24-15-8-7-12-21(24)19-30(16-9-6-10-17-30)26(27)28(35)33(29)22-13-11-14-23(18-22)36-3/h7-8,11-15,18H,4-6,9-10,16-17,19-20H2,1-3H3. The molecule has 0 unspecified atom stereocenters. The summed E-state index contributed by atoms with van der Waals surface area (Å²) in [5.74, 6) is 0.947. The van der Waals surface area contributed by atoms with Gasteiger partial charge in [0.25, 0.3) is 5.56 Å². The third-order valence-corrected chi connectivity index (χ3v) is 8.87. The molecule has 1 aromatic heterocycles. The van der Waals surface area contributed by atoms with Crippen LogP contribution >= 0.6 is 11.8 Å². The fourth-order valence-electron chi connectivity index (χ4n) is 6.06. The van der Waals surface area contributed by atoms with Gasteiger partial charge in [-0.1, -0.05) is 61.4 Å². The lowest BCUT2D eigenvalue weighted by Crippen LogP contribution is -2.43. The average molecular weight is 518 g/mol. The van der Waals surface area contributed by atoms with E-state index >= 15 is 0 Å². The van der Waals surface area contributed by atoms with Gasteiger partial charge in [0.15, 0.2) is 5.16 Å². The Morgan fingerprint density at radius 2 is 1.84 bits per heavy atom. The molecule has 0 aliphatic heterocycles. The molecule has 0 N–H and O–H groups in total. The Kier molecular flexibility index (Phi) is 7.43. The van der Waals surface area contributed by atoms with E-state index in [4.69, 9.17) is 9.72 Å². The normalized spacial score (nSPS) is 15.6. The van der Waals surface area contributed by atoms with Crippen LogP contribution in [0.25, 0.3) is 16.9 Å². The van der Waals surface area contributed by atoms with Crippen molar-refractivity contribution in [1.82, 2.24) is 14.5 Å². The molecule has 0 radical (unpaired) electrons. The van der Waals surface area contributed by atoms with Crippen molar-refractivity contribution in [2.24, 2.45) is 0 Å². The van der Waals surface area contributed by atoms with Gasteiger partial charge in [0.05, 0.1) is 29.8 Å². The van der Waals surface area contributed by atoms with Crippen LogP contribution in [0.4, 0.5) is 0 Å². The molecule has 0 bridgehead atoms. The average Bonchev–Trinajstić information content (AvgIpc) is 2.93. The zero-order valence-electron chi connectivity index (χ0n) is 22.0. The van der Waals surface area contributed by atoms with Gasteiger partial charge in [-0.15, -0.1) is 0 Å². The number of fused-ring (bicyclic) bond motifs is 4. The first-order valence-electron chi connectivity index (χ1n) is 13.3. The zero-order valence-corrected chi connectivity index (χ0v) is 22.8. The number of rotatable bonds is 7. The Bertz CT molecular complexity index is 1360. The van der Waals surface area contributed by atoms with Crippen LogP contribution in [0.2, 0.25) is 0 Å². The van der Waals surface area contributed by atoms with Crippen LogP contribution in [-0.4, -0.2) is 46.3 Å². The van der Waals surface area contributed by atoms with Crippen LogP contribution in [0.5, 0.6) is 5.75 Å². The van der Waals surface area contributed by atoms with Crippen LogP contribution in [0.1, 0.15) is 57.1 Å². The van der Waals surface area contributed by atoms with Crippen LogP contribution in [0.15, 0.2) is 58.5 Å². The number of ether oxygens (including phenoxy) is 1. The molecule has 1 fully saturated rings. The van der Waals surface area contributed by atoms with Crippen molar-refractivity contribution in [3.8, 4) is 22.7 Å². The van der Waals surface area contributed by atoms with Gasteiger partial charge in [-0.2, -0.15) is 0 Å². The van der Waals surface area contributed by atoms with E-state index in [-0.39, 0.29) is 22.6 Å². The van der Waals surface area contributed by atoms with Gasteiger partial charge in [-0.05, 0) is 50.8 Å². The Labute approximate surface area is 223 Å². The van der Waals surface area contributed by atoms with Crippen LogP contribution < -0.4 is 10.3 Å². The Morgan fingerprint density at radius 1 is 1.08 bits per heavy atom. The van der Waals surface area contributed by atoms with Gasteiger partial charge in [-0.3, -0.25) is 14.2 Å². The van der Waals surface area contributed by atoms with Crippen LogP contribution in [0.3, 0.4) is 0 Å². The summed E-state index contributed by atoms with van der Waals surface area (Å²) in [7, 11) is 1.62. The minimum absolute atomic E-state index is 0.0209. The van der Waals surface area contributed by atoms with Gasteiger partial charge in [-0.25, -0.2) is 4.98 Å². The Morgan fingerprint density at radius 3 is 2.57 bits per heavy atom. The fraction of sp³-hybridized carbons (Fsp3) is 0.433. The highest BCUT2D eigenvalue weighted by molar-refractivity contribution is 7.99. The van der Waals surface area contributed by atoms with Crippen molar-refractivity contribution < 1.29 is 9.53 Å². The maximum Gasteiger partial charge on any atom is 0.263 e. The molecule has 0 saturated heterocycles. The van der Waals surface area contributed by atoms with Crippen molar-refractivity contribution in [3.63, 3.8) is 0 Å². The SMILES string of the molecule is CCN(CC)C(=O)CSc1nc2c(c(=O)n1-c1cccc(OC)c1)C1(CCCCC1)Cc1ccccc1-2. The molecular formula is C30H35N3O3S. The lowest BCUT2D eigenvalue weighted by molar-refractivity contribution is -0.127. The van der Waals surface area contributed by atoms with Crippen molar-refractivity contribution in [1.29, 1.82) is 0 Å². The number of thioether (sulfide) groups is 1. The first-order chi connectivity index (χ1) is 18.0. The first kappa shape index (κ1) is 25.6. The minimum Gasteiger partial charge on any atom is -0.497 e. The van der Waals surface area contributed by atoms with E-state index in [1.165, 1.54) is 23.7 Å². The molecule has 194 valence electrons. The largest absolute Gasteiger partial charge is 0.497 e. The maximum atomic E-state index is 14.6. The van der Waals surface area contributed by atoms with Crippen molar-refractivity contribution >= 4 is 17.7 Å². The van der Waals surface area contributed by atoms with Gasteiger partial charge in [0, 0.05) is 30.1 Å². The third-order valence-electron chi connectivity index (χ3n) is 7.95. The van der Waals surface area contributed by atoms with Gasteiger partial charge >= 0.3 is 0 Å². The number of methoxy groups -OCH3 is 1. The molecule has 1 amide bonds. The maximum absolute atomic E-state index is 14.6. The summed E-state index contributed by atoms with van der Waals surface area (Å²) in [6.07, 6.45) is 6.31. The highest BCUT2D eigenvalue weighted by atomic mass is 32.2. The second kappa shape index (κ2) is 10.7. The number of amides is 1. The number of carbonyl (C=O) groups is 1. The quantitative estimate of drug-likeness (QED) is 0.300. The molecule has 37 heavy (non-hydrogen) atoms. The van der Waals surface area contributed by atoms with E-state index in [0.717, 1.165) is 48.9 Å². The fourth-order valence-corrected chi connectivity index (χ4v) is 6.96. The lowest BCUT2D eigenvalue weighted by Gasteiger charge is -2.42. The molecular weight excluding hydrogens is 482 g/mol. The van der Waals surface area contributed by atoms with E-state index in [9.17, 15) is 9.59 Å².